The van der Waals surface area contributed by atoms with Crippen molar-refractivity contribution in [3.05, 3.63) is 65.6 Å². The lowest BCUT2D eigenvalue weighted by Gasteiger charge is -2.35. The van der Waals surface area contributed by atoms with Crippen molar-refractivity contribution in [3.63, 3.8) is 0 Å². The minimum absolute atomic E-state index is 0.0395. The number of anilines is 2. The average Bonchev–Trinajstić information content (AvgIpc) is 3.28. The second kappa shape index (κ2) is 9.32. The summed E-state index contributed by atoms with van der Waals surface area (Å²) in [5.74, 6) is -0.490. The van der Waals surface area contributed by atoms with Gasteiger partial charge in [-0.25, -0.2) is 4.79 Å². The SMILES string of the molecule is N#Cc1ccc(NC(=O)c2nnsc2NC(=O)N2CCCC[C@@H]2c2cccnc2)cc1. The summed E-state index contributed by atoms with van der Waals surface area (Å²) in [6.45, 7) is 0.615. The van der Waals surface area contributed by atoms with Crippen LogP contribution < -0.4 is 10.6 Å². The smallest absolute Gasteiger partial charge is 0.320 e. The minimum atomic E-state index is -0.490. The number of hydrogen-bond acceptors (Lipinski definition) is 7. The van der Waals surface area contributed by atoms with Crippen LogP contribution in [0, 0.1) is 11.3 Å². The van der Waals surface area contributed by atoms with Gasteiger partial charge in [-0.2, -0.15) is 5.26 Å². The molecule has 9 nitrogen and oxygen atoms in total. The Morgan fingerprint density at radius 1 is 1.16 bits per heavy atom. The molecule has 4 rings (SSSR count). The van der Waals surface area contributed by atoms with Crippen LogP contribution in [-0.2, 0) is 0 Å². The number of carbonyl (C=O) groups excluding carboxylic acids is 2. The van der Waals surface area contributed by atoms with Gasteiger partial charge in [0, 0.05) is 36.2 Å². The van der Waals surface area contributed by atoms with E-state index >= 15 is 0 Å². The average molecular weight is 433 g/mol. The van der Waals surface area contributed by atoms with E-state index in [1.54, 1.807) is 41.6 Å². The highest BCUT2D eigenvalue weighted by atomic mass is 32.1. The molecule has 1 aromatic carbocycles. The first-order valence-corrected chi connectivity index (χ1v) is 10.5. The molecule has 1 saturated heterocycles. The molecule has 0 unspecified atom stereocenters. The molecule has 10 heteroatoms. The molecule has 1 fully saturated rings. The van der Waals surface area contributed by atoms with Crippen LogP contribution in [0.15, 0.2) is 48.8 Å². The summed E-state index contributed by atoms with van der Waals surface area (Å²) in [4.78, 5) is 31.6. The van der Waals surface area contributed by atoms with Gasteiger partial charge in [-0.1, -0.05) is 10.6 Å². The maximum atomic E-state index is 13.0. The van der Waals surface area contributed by atoms with E-state index in [4.69, 9.17) is 5.26 Å². The van der Waals surface area contributed by atoms with E-state index in [2.05, 4.69) is 25.2 Å². The van der Waals surface area contributed by atoms with Crippen LogP contribution in [0.3, 0.4) is 0 Å². The highest BCUT2D eigenvalue weighted by molar-refractivity contribution is 7.10. The van der Waals surface area contributed by atoms with E-state index in [0.717, 1.165) is 36.4 Å². The summed E-state index contributed by atoms with van der Waals surface area (Å²) >= 11 is 0.948. The highest BCUT2D eigenvalue weighted by Gasteiger charge is 2.29. The third kappa shape index (κ3) is 4.67. The summed E-state index contributed by atoms with van der Waals surface area (Å²) in [7, 11) is 0. The number of likely N-dealkylation sites (tertiary alicyclic amines) is 1. The van der Waals surface area contributed by atoms with E-state index in [1.807, 2.05) is 18.2 Å². The summed E-state index contributed by atoms with van der Waals surface area (Å²) in [5, 5.41) is 18.6. The zero-order valence-electron chi connectivity index (χ0n) is 16.5. The fourth-order valence-electron chi connectivity index (χ4n) is 3.50. The van der Waals surface area contributed by atoms with E-state index in [1.165, 1.54) is 0 Å². The Morgan fingerprint density at radius 3 is 2.74 bits per heavy atom. The van der Waals surface area contributed by atoms with Crippen molar-refractivity contribution in [1.29, 1.82) is 5.26 Å². The summed E-state index contributed by atoms with van der Waals surface area (Å²) in [6.07, 6.45) is 6.28. The van der Waals surface area contributed by atoms with Crippen molar-refractivity contribution >= 4 is 34.2 Å². The molecule has 1 aliphatic heterocycles. The molecule has 0 saturated carbocycles. The number of nitrogens with one attached hydrogen (secondary N) is 2. The number of benzene rings is 1. The molecule has 0 spiro atoms. The van der Waals surface area contributed by atoms with Crippen LogP contribution in [0.1, 0.15) is 46.9 Å². The maximum Gasteiger partial charge on any atom is 0.323 e. The molecule has 1 aliphatic rings. The second-order valence-corrected chi connectivity index (χ2v) is 7.77. The number of amides is 3. The van der Waals surface area contributed by atoms with Crippen molar-refractivity contribution in [2.24, 2.45) is 0 Å². The quantitative estimate of drug-likeness (QED) is 0.645. The monoisotopic (exact) mass is 433 g/mol. The Bertz CT molecular complexity index is 1110. The molecule has 31 heavy (non-hydrogen) atoms. The first-order chi connectivity index (χ1) is 15.2. The number of rotatable bonds is 4. The molecule has 2 aromatic heterocycles. The van der Waals surface area contributed by atoms with Crippen LogP contribution in [-0.4, -0.2) is 38.0 Å². The van der Waals surface area contributed by atoms with Gasteiger partial charge in [-0.05, 0) is 55.2 Å². The summed E-state index contributed by atoms with van der Waals surface area (Å²) in [5.41, 5.74) is 2.03. The summed E-state index contributed by atoms with van der Waals surface area (Å²) in [6, 6.07) is 11.9. The van der Waals surface area contributed by atoms with Crippen molar-refractivity contribution in [2.45, 2.75) is 25.3 Å². The maximum absolute atomic E-state index is 13.0. The van der Waals surface area contributed by atoms with E-state index in [0.29, 0.717) is 17.8 Å². The number of hydrogen-bond donors (Lipinski definition) is 2. The van der Waals surface area contributed by atoms with Gasteiger partial charge in [0.1, 0.15) is 0 Å². The number of aromatic nitrogens is 3. The van der Waals surface area contributed by atoms with Crippen LogP contribution >= 0.6 is 11.5 Å². The zero-order chi connectivity index (χ0) is 21.6. The Morgan fingerprint density at radius 2 is 2.00 bits per heavy atom. The van der Waals surface area contributed by atoms with Gasteiger partial charge in [0.2, 0.25) is 0 Å². The minimum Gasteiger partial charge on any atom is -0.320 e. The number of carbonyl (C=O) groups is 2. The predicted molar refractivity (Wildman–Crippen MR) is 116 cm³/mol. The number of pyridine rings is 1. The van der Waals surface area contributed by atoms with Crippen molar-refractivity contribution < 1.29 is 9.59 Å². The van der Waals surface area contributed by atoms with Gasteiger partial charge < -0.3 is 10.2 Å². The van der Waals surface area contributed by atoms with Gasteiger partial charge >= 0.3 is 6.03 Å². The van der Waals surface area contributed by atoms with E-state index in [9.17, 15) is 9.59 Å². The van der Waals surface area contributed by atoms with Crippen molar-refractivity contribution in [1.82, 2.24) is 19.5 Å². The first kappa shape index (κ1) is 20.4. The van der Waals surface area contributed by atoms with E-state index in [-0.39, 0.29) is 22.8 Å². The Balaban J connectivity index is 1.47. The fraction of sp³-hybridized carbons (Fsp3) is 0.238. The molecule has 0 bridgehead atoms. The number of urea groups is 1. The third-order valence-electron chi connectivity index (χ3n) is 5.03. The van der Waals surface area contributed by atoms with Gasteiger partial charge in [0.15, 0.2) is 10.7 Å². The van der Waals surface area contributed by atoms with Crippen LogP contribution in [0.4, 0.5) is 15.5 Å². The topological polar surface area (TPSA) is 124 Å². The number of piperidine rings is 1. The molecule has 3 aromatic rings. The van der Waals surface area contributed by atoms with Crippen molar-refractivity contribution in [3.8, 4) is 6.07 Å². The number of nitriles is 1. The van der Waals surface area contributed by atoms with Gasteiger partial charge in [-0.3, -0.25) is 15.1 Å². The highest BCUT2D eigenvalue weighted by Crippen LogP contribution is 2.31. The van der Waals surface area contributed by atoms with E-state index < -0.39 is 5.91 Å². The molecule has 0 radical (unpaired) electrons. The Kier molecular flexibility index (Phi) is 6.14. The Hall–Kier alpha value is -3.84. The molecule has 156 valence electrons. The summed E-state index contributed by atoms with van der Waals surface area (Å²) < 4.78 is 3.83. The second-order valence-electron chi connectivity index (χ2n) is 7.02. The molecule has 3 amide bonds. The lowest BCUT2D eigenvalue weighted by Crippen LogP contribution is -2.41. The molecule has 2 N–H and O–H groups in total. The van der Waals surface area contributed by atoms with Gasteiger partial charge in [0.05, 0.1) is 17.7 Å². The molecular weight excluding hydrogens is 414 g/mol. The fourth-order valence-corrected chi connectivity index (χ4v) is 4.06. The molecule has 0 aliphatic carbocycles. The lowest BCUT2D eigenvalue weighted by atomic mass is 9.97. The number of nitrogens with zero attached hydrogens (tertiary/aromatic N) is 5. The van der Waals surface area contributed by atoms with Crippen LogP contribution in [0.2, 0.25) is 0 Å². The molecule has 1 atom stereocenters. The van der Waals surface area contributed by atoms with Gasteiger partial charge in [-0.15, -0.1) is 5.10 Å². The van der Waals surface area contributed by atoms with Crippen molar-refractivity contribution in [2.75, 3.05) is 17.2 Å². The first-order valence-electron chi connectivity index (χ1n) is 9.77. The predicted octanol–water partition coefficient (Wildman–Crippen LogP) is 3.82. The van der Waals surface area contributed by atoms with Crippen LogP contribution in [0.25, 0.3) is 0 Å². The molecular formula is C21H19N7O2S. The lowest BCUT2D eigenvalue weighted by molar-refractivity contribution is 0.102. The normalized spacial score (nSPS) is 15.7. The zero-order valence-corrected chi connectivity index (χ0v) is 17.3. The standard InChI is InChI=1S/C21H19N7O2S/c22-12-14-6-8-16(9-7-14)24-19(29)18-20(31-27-26-18)25-21(30)28-11-2-1-5-17(28)15-4-3-10-23-13-15/h3-4,6-10,13,17H,1-2,5,11H2,(H,24,29)(H,25,30)/t17-/m1/s1. The third-order valence-corrected chi connectivity index (χ3v) is 5.67. The molecule has 3 heterocycles. The largest absolute Gasteiger partial charge is 0.323 e. The van der Waals surface area contributed by atoms with Crippen LogP contribution in [0.5, 0.6) is 0 Å². The Labute approximate surface area is 182 Å². The van der Waals surface area contributed by atoms with Gasteiger partial charge in [0.25, 0.3) is 5.91 Å².